The third-order valence-electron chi connectivity index (χ3n) is 4.64. The molecule has 0 aliphatic carbocycles. The van der Waals surface area contributed by atoms with E-state index in [4.69, 9.17) is 4.74 Å². The number of alkyl halides is 3. The van der Waals surface area contributed by atoms with E-state index in [9.17, 15) is 27.6 Å². The highest BCUT2D eigenvalue weighted by Gasteiger charge is 2.32. The van der Waals surface area contributed by atoms with Crippen molar-refractivity contribution < 1.29 is 37.0 Å². The Balaban J connectivity index is 1.54. The van der Waals surface area contributed by atoms with Crippen LogP contribution in [0.1, 0.15) is 21.5 Å². The zero-order valence-corrected chi connectivity index (χ0v) is 18.3. The molecule has 0 atom stereocenters. The molecule has 2 N–H and O–H groups in total. The number of rotatable bonds is 9. The van der Waals surface area contributed by atoms with Gasteiger partial charge in [-0.3, -0.25) is 9.59 Å². The summed E-state index contributed by atoms with van der Waals surface area (Å²) < 4.78 is 46.5. The maximum atomic E-state index is 12.5. The van der Waals surface area contributed by atoms with E-state index in [-0.39, 0.29) is 35.7 Å². The van der Waals surface area contributed by atoms with E-state index in [1.165, 1.54) is 30.3 Å². The molecule has 0 aliphatic rings. The molecule has 0 aliphatic heterocycles. The molecule has 0 fully saturated rings. The van der Waals surface area contributed by atoms with Crippen LogP contribution in [0.2, 0.25) is 0 Å². The first-order valence-electron chi connectivity index (χ1n) is 10.4. The molecular weight excluding hydrogens is 465 g/mol. The molecule has 0 radical (unpaired) electrons. The van der Waals surface area contributed by atoms with E-state index >= 15 is 0 Å². The highest BCUT2D eigenvalue weighted by Crippen LogP contribution is 2.26. The third-order valence-corrected chi connectivity index (χ3v) is 4.64. The molecule has 0 spiro atoms. The summed E-state index contributed by atoms with van der Waals surface area (Å²) in [5, 5.41) is 5.03. The second kappa shape index (κ2) is 11.7. The van der Waals surface area contributed by atoms with Crippen molar-refractivity contribution in [3.63, 3.8) is 0 Å². The normalized spacial score (nSPS) is 10.8. The first-order valence-corrected chi connectivity index (χ1v) is 10.4. The summed E-state index contributed by atoms with van der Waals surface area (Å²) in [5.74, 6) is -2.37. The molecular formula is C25H21F3N2O5. The summed E-state index contributed by atoms with van der Waals surface area (Å²) >= 11 is 0. The van der Waals surface area contributed by atoms with Crippen LogP contribution >= 0.6 is 0 Å². The topological polar surface area (TPSA) is 93.7 Å². The van der Waals surface area contributed by atoms with Gasteiger partial charge in [0.15, 0.2) is 6.61 Å². The van der Waals surface area contributed by atoms with E-state index in [0.29, 0.717) is 0 Å². The van der Waals surface area contributed by atoms with Gasteiger partial charge in [0.05, 0.1) is 17.7 Å². The maximum Gasteiger partial charge on any atom is 0.573 e. The Morgan fingerprint density at radius 3 is 2.20 bits per heavy atom. The monoisotopic (exact) mass is 486 g/mol. The zero-order chi connectivity index (χ0) is 25.3. The van der Waals surface area contributed by atoms with Gasteiger partial charge in [-0.25, -0.2) is 4.79 Å². The lowest BCUT2D eigenvalue weighted by Gasteiger charge is -2.14. The first-order chi connectivity index (χ1) is 16.7. The lowest BCUT2D eigenvalue weighted by molar-refractivity contribution is -0.274. The predicted octanol–water partition coefficient (Wildman–Crippen LogP) is 4.24. The largest absolute Gasteiger partial charge is 0.573 e. The van der Waals surface area contributed by atoms with Gasteiger partial charge < -0.3 is 20.1 Å². The molecule has 0 heterocycles. The van der Waals surface area contributed by atoms with Crippen molar-refractivity contribution in [3.05, 3.63) is 95.6 Å². The highest BCUT2D eigenvalue weighted by atomic mass is 19.4. The predicted molar refractivity (Wildman–Crippen MR) is 120 cm³/mol. The van der Waals surface area contributed by atoms with Crippen LogP contribution in [-0.4, -0.2) is 30.8 Å². The minimum absolute atomic E-state index is 0.0469. The maximum absolute atomic E-state index is 12.5. The fourth-order valence-electron chi connectivity index (χ4n) is 3.07. The van der Waals surface area contributed by atoms with E-state index in [2.05, 4.69) is 15.4 Å². The number of carbonyl (C=O) groups excluding carboxylic acids is 3. The van der Waals surface area contributed by atoms with Crippen molar-refractivity contribution in [3.8, 4) is 5.75 Å². The van der Waals surface area contributed by atoms with Crippen molar-refractivity contribution in [2.24, 2.45) is 0 Å². The van der Waals surface area contributed by atoms with Crippen LogP contribution in [0, 0.1) is 0 Å². The molecule has 3 rings (SSSR count). The third kappa shape index (κ3) is 8.18. The molecule has 0 unspecified atom stereocenters. The van der Waals surface area contributed by atoms with Crippen molar-refractivity contribution in [2.45, 2.75) is 19.3 Å². The summed E-state index contributed by atoms with van der Waals surface area (Å²) in [7, 11) is 0. The van der Waals surface area contributed by atoms with E-state index in [1.807, 2.05) is 6.07 Å². The van der Waals surface area contributed by atoms with Gasteiger partial charge in [-0.1, -0.05) is 60.7 Å². The van der Waals surface area contributed by atoms with E-state index < -0.39 is 30.6 Å². The van der Waals surface area contributed by atoms with Gasteiger partial charge in [0.1, 0.15) is 5.75 Å². The molecule has 0 saturated heterocycles. The van der Waals surface area contributed by atoms with Crippen molar-refractivity contribution >= 4 is 23.5 Å². The van der Waals surface area contributed by atoms with Crippen molar-refractivity contribution in [2.75, 3.05) is 11.9 Å². The molecule has 0 saturated carbocycles. The molecule has 3 aromatic rings. The van der Waals surface area contributed by atoms with Gasteiger partial charge in [-0.05, 0) is 23.8 Å². The number of nitrogens with one attached hydrogen (secondary N) is 2. The second-order valence-corrected chi connectivity index (χ2v) is 7.26. The molecule has 3 aromatic carbocycles. The summed E-state index contributed by atoms with van der Waals surface area (Å²) in [6, 6.07) is 20.5. The number of para-hydroxylation sites is 2. The Bertz CT molecular complexity index is 1180. The SMILES string of the molecule is O=C(COC(=O)c1ccccc1NC(=O)Cc1ccccc1)NCc1ccccc1OC(F)(F)F. The van der Waals surface area contributed by atoms with Crippen LogP contribution in [0.4, 0.5) is 18.9 Å². The number of halogens is 3. The second-order valence-electron chi connectivity index (χ2n) is 7.26. The summed E-state index contributed by atoms with van der Waals surface area (Å²) in [5.41, 5.74) is 1.16. The van der Waals surface area contributed by atoms with Gasteiger partial charge in [0.25, 0.3) is 5.91 Å². The standard InChI is InChI=1S/C25H21F3N2O5/c26-25(27,28)35-21-13-7-4-10-18(21)15-29-23(32)16-34-24(33)19-11-5-6-12-20(19)30-22(31)14-17-8-2-1-3-9-17/h1-13H,14-16H2,(H,29,32)(H,30,31). The Labute approximate surface area is 198 Å². The summed E-state index contributed by atoms with van der Waals surface area (Å²) in [4.78, 5) is 36.9. The average molecular weight is 486 g/mol. The number of benzene rings is 3. The number of ether oxygens (including phenoxy) is 2. The molecule has 35 heavy (non-hydrogen) atoms. The van der Waals surface area contributed by atoms with E-state index in [1.54, 1.807) is 36.4 Å². The van der Waals surface area contributed by atoms with Crippen molar-refractivity contribution in [1.82, 2.24) is 5.32 Å². The smallest absolute Gasteiger partial charge is 0.452 e. The van der Waals surface area contributed by atoms with Gasteiger partial charge >= 0.3 is 12.3 Å². The minimum atomic E-state index is -4.88. The fraction of sp³-hybridized carbons (Fsp3) is 0.160. The quantitative estimate of drug-likeness (QED) is 0.442. The Morgan fingerprint density at radius 2 is 1.46 bits per heavy atom. The van der Waals surface area contributed by atoms with Crippen LogP contribution in [0.3, 0.4) is 0 Å². The number of hydrogen-bond acceptors (Lipinski definition) is 5. The van der Waals surface area contributed by atoms with Gasteiger partial charge in [0, 0.05) is 12.1 Å². The zero-order valence-electron chi connectivity index (χ0n) is 18.3. The molecule has 7 nitrogen and oxygen atoms in total. The van der Waals surface area contributed by atoms with Crippen LogP contribution in [0.25, 0.3) is 0 Å². The average Bonchev–Trinajstić information content (AvgIpc) is 2.82. The molecule has 0 aromatic heterocycles. The van der Waals surface area contributed by atoms with Gasteiger partial charge in [-0.2, -0.15) is 0 Å². The number of carbonyl (C=O) groups is 3. The first kappa shape index (κ1) is 25.3. The van der Waals surface area contributed by atoms with Gasteiger partial charge in [0.2, 0.25) is 5.91 Å². The summed E-state index contributed by atoms with van der Waals surface area (Å²) in [6.45, 7) is -0.942. The molecule has 182 valence electrons. The van der Waals surface area contributed by atoms with Crippen LogP contribution < -0.4 is 15.4 Å². The van der Waals surface area contributed by atoms with Crippen LogP contribution in [-0.2, 0) is 27.3 Å². The minimum Gasteiger partial charge on any atom is -0.452 e. The number of amides is 2. The highest BCUT2D eigenvalue weighted by molar-refractivity contribution is 6.02. The molecule has 0 bridgehead atoms. The Hall–Kier alpha value is -4.34. The number of esters is 1. The van der Waals surface area contributed by atoms with E-state index in [0.717, 1.165) is 11.6 Å². The Kier molecular flexibility index (Phi) is 8.44. The molecule has 10 heteroatoms. The number of anilines is 1. The van der Waals surface area contributed by atoms with Crippen LogP contribution in [0.5, 0.6) is 5.75 Å². The van der Waals surface area contributed by atoms with Gasteiger partial charge in [-0.15, -0.1) is 13.2 Å². The number of hydrogen-bond donors (Lipinski definition) is 2. The van der Waals surface area contributed by atoms with Crippen molar-refractivity contribution in [1.29, 1.82) is 0 Å². The van der Waals surface area contributed by atoms with Crippen LogP contribution in [0.15, 0.2) is 78.9 Å². The fourth-order valence-corrected chi connectivity index (χ4v) is 3.07. The Morgan fingerprint density at radius 1 is 0.800 bits per heavy atom. The lowest BCUT2D eigenvalue weighted by atomic mass is 10.1. The lowest BCUT2D eigenvalue weighted by Crippen LogP contribution is -2.29. The summed E-state index contributed by atoms with van der Waals surface area (Å²) in [6.07, 6.45) is -4.77. The molecule has 2 amide bonds.